The molecule has 0 spiro atoms. The molecular weight excluding hydrogens is 701 g/mol. The smallest absolute Gasteiger partial charge is 0.143 e. The molecule has 2 aliphatic rings. The second-order valence-corrected chi connectivity index (χ2v) is 16.7. The fourth-order valence-electron chi connectivity index (χ4n) is 10.6. The van der Waals surface area contributed by atoms with E-state index in [0.29, 0.717) is 0 Å². The van der Waals surface area contributed by atoms with Gasteiger partial charge in [-0.05, 0) is 107 Å². The topological polar surface area (TPSA) is 13.1 Å². The Labute approximate surface area is 338 Å². The lowest BCUT2D eigenvalue weighted by Crippen LogP contribution is -2.16. The summed E-state index contributed by atoms with van der Waals surface area (Å²) in [6.45, 7) is 4.78. The Morgan fingerprint density at radius 2 is 1.10 bits per heavy atom. The minimum atomic E-state index is -0.104. The van der Waals surface area contributed by atoms with Gasteiger partial charge in [0, 0.05) is 27.7 Å². The SMILES string of the molecule is CC1(C)c2ccccc2-c2ccc(C(c3ccccc3-c3ccccc3)c3cccc4c3Cc3c-4cc4ccccc4c3-c3cccc4c3oc3ccccc34)cc21. The van der Waals surface area contributed by atoms with E-state index in [-0.39, 0.29) is 11.3 Å². The molecule has 0 N–H and O–H groups in total. The summed E-state index contributed by atoms with van der Waals surface area (Å²) < 4.78 is 6.73. The first-order valence-electron chi connectivity index (χ1n) is 20.5. The van der Waals surface area contributed by atoms with Crippen LogP contribution in [0.3, 0.4) is 0 Å². The molecule has 0 saturated carbocycles. The summed E-state index contributed by atoms with van der Waals surface area (Å²) in [4.78, 5) is 0. The summed E-state index contributed by atoms with van der Waals surface area (Å²) >= 11 is 0. The zero-order valence-corrected chi connectivity index (χ0v) is 32.6. The largest absolute Gasteiger partial charge is 0.455 e. The van der Waals surface area contributed by atoms with Crippen LogP contribution in [-0.2, 0) is 11.8 Å². The van der Waals surface area contributed by atoms with Crippen molar-refractivity contribution < 1.29 is 4.42 Å². The van der Waals surface area contributed by atoms with Crippen LogP contribution in [0.25, 0.3) is 77.2 Å². The molecule has 0 fully saturated rings. The van der Waals surface area contributed by atoms with E-state index in [1.54, 1.807) is 0 Å². The van der Waals surface area contributed by atoms with Gasteiger partial charge >= 0.3 is 0 Å². The van der Waals surface area contributed by atoms with E-state index in [9.17, 15) is 0 Å². The lowest BCUT2D eigenvalue weighted by Gasteiger charge is -2.27. The van der Waals surface area contributed by atoms with E-state index < -0.39 is 0 Å². The summed E-state index contributed by atoms with van der Waals surface area (Å²) in [5.74, 6) is 0.00199. The summed E-state index contributed by atoms with van der Waals surface area (Å²) in [5.41, 5.74) is 21.6. The Balaban J connectivity index is 1.10. The maximum atomic E-state index is 6.73. The van der Waals surface area contributed by atoms with Crippen LogP contribution >= 0.6 is 0 Å². The van der Waals surface area contributed by atoms with E-state index in [1.165, 1.54) is 88.7 Å². The van der Waals surface area contributed by atoms with Gasteiger partial charge in [0.2, 0.25) is 0 Å². The average Bonchev–Trinajstić information content (AvgIpc) is 3.91. The van der Waals surface area contributed by atoms with E-state index in [2.05, 4.69) is 202 Å². The molecule has 0 saturated heterocycles. The number of hydrogen-bond acceptors (Lipinski definition) is 1. The lowest BCUT2D eigenvalue weighted by molar-refractivity contribution is 0.659. The summed E-state index contributed by atoms with van der Waals surface area (Å²) in [7, 11) is 0. The van der Waals surface area contributed by atoms with Crippen molar-refractivity contribution in [2.75, 3.05) is 0 Å². The number of para-hydroxylation sites is 2. The van der Waals surface area contributed by atoms with E-state index in [0.717, 1.165) is 33.9 Å². The fraction of sp³-hybridized carbons (Fsp3) is 0.0877. The standard InChI is InChI=1S/C57H40O/c1-57(2)51-28-12-10-21-41(51)42-31-30-37(33-52(42)57)54(44-23-9-8-19-38(44)35-16-4-3-5-17-35)45-25-14-24-40-48-32-36-18-6-7-20-39(36)55(50(48)34-49(40)45)47-27-15-26-46-43-22-11-13-29-53(43)58-56(46)47/h3-33,54H,34H2,1-2H3. The Hall–Kier alpha value is -6.96. The molecule has 9 aromatic carbocycles. The van der Waals surface area contributed by atoms with Crippen LogP contribution in [0.4, 0.5) is 0 Å². The number of furan rings is 1. The van der Waals surface area contributed by atoms with Gasteiger partial charge in [0.15, 0.2) is 0 Å². The maximum Gasteiger partial charge on any atom is 0.143 e. The van der Waals surface area contributed by atoms with Gasteiger partial charge in [-0.25, -0.2) is 0 Å². The first kappa shape index (κ1) is 33.2. The summed E-state index contributed by atoms with van der Waals surface area (Å²) in [5, 5.41) is 4.82. The number of hydrogen-bond donors (Lipinski definition) is 0. The predicted octanol–water partition coefficient (Wildman–Crippen LogP) is 15.1. The predicted molar refractivity (Wildman–Crippen MR) is 242 cm³/mol. The highest BCUT2D eigenvalue weighted by Gasteiger charge is 2.37. The minimum Gasteiger partial charge on any atom is -0.455 e. The van der Waals surface area contributed by atoms with Crippen molar-refractivity contribution >= 4 is 32.7 Å². The quantitative estimate of drug-likeness (QED) is 0.160. The van der Waals surface area contributed by atoms with Crippen LogP contribution < -0.4 is 0 Å². The van der Waals surface area contributed by atoms with Gasteiger partial charge in [0.1, 0.15) is 11.2 Å². The third-order valence-electron chi connectivity index (χ3n) is 13.3. The zero-order chi connectivity index (χ0) is 38.5. The van der Waals surface area contributed by atoms with Crippen LogP contribution in [0.15, 0.2) is 192 Å². The van der Waals surface area contributed by atoms with Crippen molar-refractivity contribution in [3.8, 4) is 44.5 Å². The van der Waals surface area contributed by atoms with Gasteiger partial charge in [-0.2, -0.15) is 0 Å². The van der Waals surface area contributed by atoms with Crippen molar-refractivity contribution in [1.29, 1.82) is 0 Å². The van der Waals surface area contributed by atoms with E-state index >= 15 is 0 Å². The molecule has 1 atom stereocenters. The summed E-state index contributed by atoms with van der Waals surface area (Å²) in [6, 6.07) is 69.8. The Morgan fingerprint density at radius 1 is 0.448 bits per heavy atom. The van der Waals surface area contributed by atoms with Crippen molar-refractivity contribution in [3.05, 3.63) is 227 Å². The second kappa shape index (κ2) is 12.5. The third kappa shape index (κ3) is 4.77. The number of fused-ring (bicyclic) bond motifs is 10. The van der Waals surface area contributed by atoms with Gasteiger partial charge in [-0.15, -0.1) is 0 Å². The molecule has 2 aliphatic carbocycles. The first-order chi connectivity index (χ1) is 28.5. The van der Waals surface area contributed by atoms with Crippen LogP contribution in [-0.4, -0.2) is 0 Å². The molecule has 0 bridgehead atoms. The van der Waals surface area contributed by atoms with Gasteiger partial charge in [-0.1, -0.05) is 190 Å². The van der Waals surface area contributed by atoms with E-state index in [1.807, 2.05) is 0 Å². The van der Waals surface area contributed by atoms with Crippen LogP contribution in [0.2, 0.25) is 0 Å². The van der Waals surface area contributed by atoms with Crippen LogP contribution in [0.1, 0.15) is 58.7 Å². The Morgan fingerprint density at radius 3 is 2.00 bits per heavy atom. The fourth-order valence-corrected chi connectivity index (χ4v) is 10.6. The minimum absolute atomic E-state index is 0.00199. The van der Waals surface area contributed by atoms with Crippen molar-refractivity contribution in [2.45, 2.75) is 31.6 Å². The molecule has 1 heterocycles. The highest BCUT2D eigenvalue weighted by Crippen LogP contribution is 2.53. The first-order valence-corrected chi connectivity index (χ1v) is 20.5. The molecule has 1 nitrogen and oxygen atoms in total. The molecule has 12 rings (SSSR count). The molecule has 0 aliphatic heterocycles. The van der Waals surface area contributed by atoms with Crippen molar-refractivity contribution in [1.82, 2.24) is 0 Å². The number of benzene rings is 9. The molecule has 10 aromatic rings. The third-order valence-corrected chi connectivity index (χ3v) is 13.3. The Kier molecular flexibility index (Phi) is 7.17. The maximum absolute atomic E-state index is 6.73. The zero-order valence-electron chi connectivity index (χ0n) is 32.6. The van der Waals surface area contributed by atoms with Crippen LogP contribution in [0, 0.1) is 0 Å². The Bertz CT molecular complexity index is 3290. The van der Waals surface area contributed by atoms with E-state index in [4.69, 9.17) is 4.42 Å². The molecule has 0 amide bonds. The monoisotopic (exact) mass is 740 g/mol. The molecule has 1 unspecified atom stereocenters. The molecule has 274 valence electrons. The van der Waals surface area contributed by atoms with Crippen LogP contribution in [0.5, 0.6) is 0 Å². The van der Waals surface area contributed by atoms with Gasteiger partial charge in [0.05, 0.1) is 0 Å². The molecule has 1 aromatic heterocycles. The van der Waals surface area contributed by atoms with Crippen molar-refractivity contribution in [2.24, 2.45) is 0 Å². The average molecular weight is 741 g/mol. The second-order valence-electron chi connectivity index (χ2n) is 16.7. The normalized spacial score (nSPS) is 14.0. The van der Waals surface area contributed by atoms with Gasteiger partial charge in [-0.3, -0.25) is 0 Å². The molecule has 0 radical (unpaired) electrons. The van der Waals surface area contributed by atoms with Gasteiger partial charge in [0.25, 0.3) is 0 Å². The van der Waals surface area contributed by atoms with Crippen molar-refractivity contribution in [3.63, 3.8) is 0 Å². The highest BCUT2D eigenvalue weighted by molar-refractivity contribution is 6.14. The number of rotatable bonds is 5. The summed E-state index contributed by atoms with van der Waals surface area (Å²) in [6.07, 6.45) is 0.837. The lowest BCUT2D eigenvalue weighted by atomic mass is 9.76. The molecule has 1 heteroatoms. The van der Waals surface area contributed by atoms with Gasteiger partial charge < -0.3 is 4.42 Å². The molecular formula is C57H40O. The molecule has 58 heavy (non-hydrogen) atoms. The highest BCUT2D eigenvalue weighted by atomic mass is 16.3.